The summed E-state index contributed by atoms with van der Waals surface area (Å²) >= 11 is 0. The Bertz CT molecular complexity index is 1010. The zero-order chi connectivity index (χ0) is 22.4. The maximum Gasteiger partial charge on any atom is 0.358 e. The summed E-state index contributed by atoms with van der Waals surface area (Å²) in [5.41, 5.74) is 2.69. The second-order valence-electron chi connectivity index (χ2n) is 8.47. The number of hydrogen-bond acceptors (Lipinski definition) is 6. The zero-order valence-electron chi connectivity index (χ0n) is 18.5. The van der Waals surface area contributed by atoms with Crippen LogP contribution < -0.4 is 0 Å². The molecule has 164 valence electrons. The quantitative estimate of drug-likeness (QED) is 0.293. The lowest BCUT2D eigenvalue weighted by molar-refractivity contribution is 0.0519. The van der Waals surface area contributed by atoms with E-state index in [1.165, 1.54) is 0 Å². The van der Waals surface area contributed by atoms with Crippen LogP contribution in [0.3, 0.4) is 0 Å². The predicted molar refractivity (Wildman–Crippen MR) is 123 cm³/mol. The van der Waals surface area contributed by atoms with Gasteiger partial charge in [0.2, 0.25) is 0 Å². The Kier molecular flexibility index (Phi) is 7.24. The number of hydrogen-bond donors (Lipinski definition) is 1. The lowest BCUT2D eigenvalue weighted by Gasteiger charge is -2.16. The molecule has 0 aliphatic heterocycles. The fourth-order valence-electron chi connectivity index (χ4n) is 2.92. The number of carbonyl (C=O) groups excluding carboxylic acids is 1. The molecule has 31 heavy (non-hydrogen) atoms. The van der Waals surface area contributed by atoms with E-state index in [4.69, 9.17) is 9.47 Å². The van der Waals surface area contributed by atoms with Gasteiger partial charge in [-0.2, -0.15) is 0 Å². The molecule has 7 nitrogen and oxygen atoms in total. The highest BCUT2D eigenvalue weighted by atomic mass is 28.3. The number of phenolic OH excluding ortho intramolecular Hbond substituents is 1. The molecule has 1 aromatic carbocycles. The van der Waals surface area contributed by atoms with Crippen molar-refractivity contribution >= 4 is 14.0 Å². The normalized spacial score (nSPS) is 11.5. The summed E-state index contributed by atoms with van der Waals surface area (Å²) in [4.78, 5) is 21.2. The van der Waals surface area contributed by atoms with Gasteiger partial charge in [0.25, 0.3) is 0 Å². The Balaban J connectivity index is 1.83. The number of rotatable bonds is 9. The van der Waals surface area contributed by atoms with Crippen molar-refractivity contribution in [3.05, 3.63) is 54.5 Å². The first-order valence-corrected chi connectivity index (χ1v) is 14.1. The Morgan fingerprint density at radius 1 is 1.10 bits per heavy atom. The summed E-state index contributed by atoms with van der Waals surface area (Å²) in [6.07, 6.45) is 3.38. The Labute approximate surface area is 183 Å². The highest BCUT2D eigenvalue weighted by molar-refractivity contribution is 6.76. The van der Waals surface area contributed by atoms with Gasteiger partial charge in [-0.1, -0.05) is 19.6 Å². The molecule has 0 amide bonds. The Morgan fingerprint density at radius 3 is 2.42 bits per heavy atom. The van der Waals surface area contributed by atoms with Crippen molar-refractivity contribution in [2.75, 3.05) is 13.2 Å². The fraction of sp³-hybridized carbons (Fsp3) is 0.348. The molecule has 0 bridgehead atoms. The lowest BCUT2D eigenvalue weighted by atomic mass is 10.1. The molecule has 0 unspecified atom stereocenters. The van der Waals surface area contributed by atoms with E-state index in [0.29, 0.717) is 19.2 Å². The summed E-state index contributed by atoms with van der Waals surface area (Å²) in [6, 6.07) is 11.7. The molecule has 1 N–H and O–H groups in total. The number of aromatic nitrogens is 3. The van der Waals surface area contributed by atoms with Gasteiger partial charge in [0.05, 0.1) is 12.3 Å². The maximum absolute atomic E-state index is 12.2. The van der Waals surface area contributed by atoms with Crippen molar-refractivity contribution in [2.45, 2.75) is 39.3 Å². The Hall–Kier alpha value is -2.97. The van der Waals surface area contributed by atoms with Crippen molar-refractivity contribution in [1.82, 2.24) is 14.5 Å². The number of phenols is 1. The third-order valence-corrected chi connectivity index (χ3v) is 6.38. The number of ether oxygens (including phenoxy) is 2. The van der Waals surface area contributed by atoms with E-state index < -0.39 is 14.0 Å². The summed E-state index contributed by atoms with van der Waals surface area (Å²) in [5, 5.41) is 9.47. The van der Waals surface area contributed by atoms with Crippen molar-refractivity contribution < 1.29 is 19.4 Å². The van der Waals surface area contributed by atoms with Crippen LogP contribution >= 0.6 is 0 Å². The molecule has 2 heterocycles. The highest BCUT2D eigenvalue weighted by Gasteiger charge is 2.18. The van der Waals surface area contributed by atoms with Crippen LogP contribution in [0.2, 0.25) is 25.7 Å². The second-order valence-corrected chi connectivity index (χ2v) is 14.1. The van der Waals surface area contributed by atoms with Gasteiger partial charge in [-0.15, -0.1) is 0 Å². The molecule has 0 saturated carbocycles. The van der Waals surface area contributed by atoms with E-state index in [1.54, 1.807) is 31.5 Å². The molecule has 0 atom stereocenters. The van der Waals surface area contributed by atoms with Gasteiger partial charge in [0, 0.05) is 38.2 Å². The van der Waals surface area contributed by atoms with Gasteiger partial charge in [0.15, 0.2) is 5.69 Å². The first-order valence-electron chi connectivity index (χ1n) is 10.3. The van der Waals surface area contributed by atoms with Gasteiger partial charge >= 0.3 is 5.97 Å². The molecule has 0 radical (unpaired) electrons. The van der Waals surface area contributed by atoms with Gasteiger partial charge in [0.1, 0.15) is 18.3 Å². The number of esters is 1. The standard InChI is InChI=1S/C23H29N3O4Si/c1-5-30-23(28)21-15-26(16-29-12-13-31(2,3)4)22(25-21)18-8-11-20(24-14-18)17-6-9-19(27)10-7-17/h6-11,14-15,27H,5,12-13,16H2,1-4H3. The summed E-state index contributed by atoms with van der Waals surface area (Å²) in [5.74, 6) is 0.349. The van der Waals surface area contributed by atoms with Crippen molar-refractivity contribution in [3.63, 3.8) is 0 Å². The summed E-state index contributed by atoms with van der Waals surface area (Å²) in [6.45, 7) is 9.93. The number of benzene rings is 1. The number of nitrogens with zero attached hydrogens (tertiary/aromatic N) is 3. The third-order valence-electron chi connectivity index (χ3n) is 4.67. The molecule has 3 rings (SSSR count). The van der Waals surface area contributed by atoms with E-state index >= 15 is 0 Å². The fourth-order valence-corrected chi connectivity index (χ4v) is 3.68. The molecular formula is C23H29N3O4Si. The second kappa shape index (κ2) is 9.89. The van der Waals surface area contributed by atoms with Crippen LogP contribution in [0.1, 0.15) is 17.4 Å². The third kappa shape index (κ3) is 6.25. The molecule has 0 aliphatic rings. The topological polar surface area (TPSA) is 86.5 Å². The zero-order valence-corrected chi connectivity index (χ0v) is 19.5. The molecular weight excluding hydrogens is 410 g/mol. The van der Waals surface area contributed by atoms with E-state index in [0.717, 1.165) is 22.9 Å². The molecule has 3 aromatic rings. The van der Waals surface area contributed by atoms with E-state index in [-0.39, 0.29) is 18.1 Å². The van der Waals surface area contributed by atoms with Crippen molar-refractivity contribution in [3.8, 4) is 28.4 Å². The Morgan fingerprint density at radius 2 is 1.81 bits per heavy atom. The first-order chi connectivity index (χ1) is 14.8. The average Bonchev–Trinajstić information content (AvgIpc) is 3.16. The van der Waals surface area contributed by atoms with E-state index in [1.807, 2.05) is 28.8 Å². The van der Waals surface area contributed by atoms with Gasteiger partial charge in [-0.25, -0.2) is 9.78 Å². The van der Waals surface area contributed by atoms with Crippen molar-refractivity contribution in [1.29, 1.82) is 0 Å². The number of carbonyl (C=O) groups is 1. The van der Waals surface area contributed by atoms with Crippen LogP contribution in [-0.4, -0.2) is 46.9 Å². The van der Waals surface area contributed by atoms with Gasteiger partial charge in [-0.05, 0) is 49.4 Å². The lowest BCUT2D eigenvalue weighted by Crippen LogP contribution is -2.22. The van der Waals surface area contributed by atoms with Crippen LogP contribution in [0.25, 0.3) is 22.6 Å². The minimum absolute atomic E-state index is 0.211. The molecule has 0 spiro atoms. The predicted octanol–water partition coefficient (Wildman–Crippen LogP) is 4.81. The number of pyridine rings is 1. The minimum Gasteiger partial charge on any atom is -0.508 e. The summed E-state index contributed by atoms with van der Waals surface area (Å²) < 4.78 is 12.8. The number of imidazole rings is 1. The maximum atomic E-state index is 12.2. The minimum atomic E-state index is -1.19. The molecule has 0 aliphatic carbocycles. The van der Waals surface area contributed by atoms with E-state index in [2.05, 4.69) is 29.6 Å². The van der Waals surface area contributed by atoms with Gasteiger partial charge < -0.3 is 19.1 Å². The van der Waals surface area contributed by atoms with Crippen LogP contribution in [0.4, 0.5) is 0 Å². The van der Waals surface area contributed by atoms with E-state index in [9.17, 15) is 9.90 Å². The van der Waals surface area contributed by atoms with Crippen LogP contribution in [0.15, 0.2) is 48.8 Å². The highest BCUT2D eigenvalue weighted by Crippen LogP contribution is 2.24. The number of aromatic hydroxyl groups is 1. The van der Waals surface area contributed by atoms with Crippen LogP contribution in [0, 0.1) is 0 Å². The molecule has 0 fully saturated rings. The van der Waals surface area contributed by atoms with Gasteiger partial charge in [-0.3, -0.25) is 4.98 Å². The SMILES string of the molecule is CCOC(=O)c1cn(COCC[Si](C)(C)C)c(-c2ccc(-c3ccc(O)cc3)nc2)n1. The summed E-state index contributed by atoms with van der Waals surface area (Å²) in [7, 11) is -1.19. The average molecular weight is 440 g/mol. The molecule has 2 aromatic heterocycles. The largest absolute Gasteiger partial charge is 0.508 e. The first kappa shape index (κ1) is 22.7. The van der Waals surface area contributed by atoms with Crippen LogP contribution in [0.5, 0.6) is 5.75 Å². The molecule has 0 saturated heterocycles. The molecule has 8 heteroatoms. The monoisotopic (exact) mass is 439 g/mol. The van der Waals surface area contributed by atoms with Crippen LogP contribution in [-0.2, 0) is 16.2 Å². The smallest absolute Gasteiger partial charge is 0.358 e. The van der Waals surface area contributed by atoms with Crippen molar-refractivity contribution in [2.24, 2.45) is 0 Å².